The second-order valence-electron chi connectivity index (χ2n) is 3.80. The number of esters is 1. The van der Waals surface area contributed by atoms with Gasteiger partial charge in [-0.1, -0.05) is 6.07 Å². The Morgan fingerprint density at radius 3 is 3.00 bits per heavy atom. The number of hydrogen-bond acceptors (Lipinski definition) is 3. The molecule has 1 aliphatic heterocycles. The largest absolute Gasteiger partial charge is 0.465 e. The highest BCUT2D eigenvalue weighted by atomic mass is 35.5. The molecule has 1 N–H and O–H groups in total. The van der Waals surface area contributed by atoms with E-state index in [2.05, 4.69) is 5.32 Å². The van der Waals surface area contributed by atoms with Crippen LogP contribution in [0.4, 0.5) is 4.39 Å². The molecular formula is C12H15ClFNO2. The minimum Gasteiger partial charge on any atom is -0.465 e. The van der Waals surface area contributed by atoms with Crippen LogP contribution < -0.4 is 5.32 Å². The number of carbonyl (C=O) groups is 1. The van der Waals surface area contributed by atoms with Crippen LogP contribution in [0.5, 0.6) is 0 Å². The number of halogens is 2. The van der Waals surface area contributed by atoms with Crippen molar-refractivity contribution in [3.8, 4) is 0 Å². The smallest absolute Gasteiger partial charge is 0.323 e. The summed E-state index contributed by atoms with van der Waals surface area (Å²) in [7, 11) is 0. The van der Waals surface area contributed by atoms with E-state index in [4.69, 9.17) is 4.74 Å². The molecule has 3 nitrogen and oxygen atoms in total. The van der Waals surface area contributed by atoms with Crippen molar-refractivity contribution >= 4 is 18.4 Å². The van der Waals surface area contributed by atoms with Crippen LogP contribution >= 0.6 is 12.4 Å². The van der Waals surface area contributed by atoms with Gasteiger partial charge in [0.15, 0.2) is 0 Å². The summed E-state index contributed by atoms with van der Waals surface area (Å²) in [4.78, 5) is 11.5. The van der Waals surface area contributed by atoms with Gasteiger partial charge in [0.2, 0.25) is 0 Å². The molecule has 0 bridgehead atoms. The van der Waals surface area contributed by atoms with E-state index in [0.717, 1.165) is 11.1 Å². The topological polar surface area (TPSA) is 38.3 Å². The molecule has 1 aromatic carbocycles. The Morgan fingerprint density at radius 2 is 2.29 bits per heavy atom. The zero-order valence-corrected chi connectivity index (χ0v) is 10.3. The fraction of sp³-hybridized carbons (Fsp3) is 0.417. The van der Waals surface area contributed by atoms with Gasteiger partial charge in [-0.2, -0.15) is 0 Å². The molecule has 2 rings (SSSR count). The van der Waals surface area contributed by atoms with E-state index in [1.165, 1.54) is 12.1 Å². The zero-order chi connectivity index (χ0) is 11.5. The average molecular weight is 260 g/mol. The molecule has 0 amide bonds. The van der Waals surface area contributed by atoms with Crippen LogP contribution in [0.2, 0.25) is 0 Å². The fourth-order valence-corrected chi connectivity index (χ4v) is 1.89. The predicted octanol–water partition coefficient (Wildman–Crippen LogP) is 1.82. The number of ether oxygens (including phenoxy) is 1. The van der Waals surface area contributed by atoms with E-state index in [1.54, 1.807) is 13.0 Å². The lowest BCUT2D eigenvalue weighted by Crippen LogP contribution is -2.42. The van der Waals surface area contributed by atoms with E-state index in [-0.39, 0.29) is 30.2 Å². The molecule has 0 aromatic heterocycles. The molecule has 0 fully saturated rings. The molecule has 17 heavy (non-hydrogen) atoms. The monoisotopic (exact) mass is 259 g/mol. The Balaban J connectivity index is 0.00000144. The minimum atomic E-state index is -0.353. The van der Waals surface area contributed by atoms with Crippen molar-refractivity contribution in [1.29, 1.82) is 0 Å². The fourth-order valence-electron chi connectivity index (χ4n) is 1.89. The summed E-state index contributed by atoms with van der Waals surface area (Å²) < 4.78 is 18.0. The highest BCUT2D eigenvalue weighted by molar-refractivity contribution is 5.85. The minimum absolute atomic E-state index is 0. The van der Waals surface area contributed by atoms with Crippen molar-refractivity contribution in [3.05, 3.63) is 35.1 Å². The molecule has 0 unspecified atom stereocenters. The van der Waals surface area contributed by atoms with Crippen LogP contribution in [0.25, 0.3) is 0 Å². The van der Waals surface area contributed by atoms with Gasteiger partial charge < -0.3 is 10.1 Å². The summed E-state index contributed by atoms with van der Waals surface area (Å²) in [5, 5.41) is 3.08. The maximum atomic E-state index is 13.0. The SMILES string of the molecule is CCOC(=O)[C@@H]1Cc2cc(F)ccc2CN1.Cl. The zero-order valence-electron chi connectivity index (χ0n) is 9.53. The second kappa shape index (κ2) is 5.98. The van der Waals surface area contributed by atoms with E-state index >= 15 is 0 Å². The normalized spacial score (nSPS) is 17.9. The van der Waals surface area contributed by atoms with Crippen LogP contribution in [-0.4, -0.2) is 18.6 Å². The number of hydrogen-bond donors (Lipinski definition) is 1. The van der Waals surface area contributed by atoms with Gasteiger partial charge in [-0.15, -0.1) is 12.4 Å². The van der Waals surface area contributed by atoms with Crippen molar-refractivity contribution in [2.45, 2.75) is 25.9 Å². The van der Waals surface area contributed by atoms with E-state index in [9.17, 15) is 9.18 Å². The van der Waals surface area contributed by atoms with Gasteiger partial charge in [0.25, 0.3) is 0 Å². The average Bonchev–Trinajstić information content (AvgIpc) is 2.28. The lowest BCUT2D eigenvalue weighted by Gasteiger charge is -2.24. The van der Waals surface area contributed by atoms with Crippen molar-refractivity contribution in [2.75, 3.05) is 6.61 Å². The summed E-state index contributed by atoms with van der Waals surface area (Å²) in [6.45, 7) is 2.72. The lowest BCUT2D eigenvalue weighted by atomic mass is 9.96. The van der Waals surface area contributed by atoms with Crippen LogP contribution in [0.3, 0.4) is 0 Å². The van der Waals surface area contributed by atoms with Gasteiger partial charge in [-0.3, -0.25) is 4.79 Å². The molecule has 5 heteroatoms. The van der Waals surface area contributed by atoms with Crippen LogP contribution in [0.15, 0.2) is 18.2 Å². The Bertz CT molecular complexity index is 411. The third-order valence-corrected chi connectivity index (χ3v) is 2.70. The second-order valence-corrected chi connectivity index (χ2v) is 3.80. The molecule has 0 radical (unpaired) electrons. The number of fused-ring (bicyclic) bond motifs is 1. The molecule has 0 spiro atoms. The summed E-state index contributed by atoms with van der Waals surface area (Å²) in [5.74, 6) is -0.527. The standard InChI is InChI=1S/C12H14FNO2.ClH/c1-2-16-12(15)11-6-9-5-10(13)4-3-8(9)7-14-11;/h3-5,11,14H,2,6-7H2,1H3;1H/t11-;/m0./s1. The Kier molecular flexibility index (Phi) is 4.90. The van der Waals surface area contributed by atoms with Crippen molar-refractivity contribution in [2.24, 2.45) is 0 Å². The number of benzene rings is 1. The van der Waals surface area contributed by atoms with Gasteiger partial charge in [0.1, 0.15) is 11.9 Å². The Hall–Kier alpha value is -1.13. The lowest BCUT2D eigenvalue weighted by molar-refractivity contribution is -0.145. The molecule has 1 aromatic rings. The van der Waals surface area contributed by atoms with Gasteiger partial charge in [0.05, 0.1) is 6.61 Å². The highest BCUT2D eigenvalue weighted by Gasteiger charge is 2.25. The highest BCUT2D eigenvalue weighted by Crippen LogP contribution is 2.18. The van der Waals surface area contributed by atoms with Gasteiger partial charge in [-0.05, 0) is 36.6 Å². The third-order valence-electron chi connectivity index (χ3n) is 2.70. The van der Waals surface area contributed by atoms with E-state index < -0.39 is 0 Å². The van der Waals surface area contributed by atoms with E-state index in [1.807, 2.05) is 0 Å². The molecular weight excluding hydrogens is 245 g/mol. The first-order valence-corrected chi connectivity index (χ1v) is 5.38. The first-order chi connectivity index (χ1) is 7.70. The molecule has 0 saturated carbocycles. The number of nitrogens with one attached hydrogen (secondary N) is 1. The number of rotatable bonds is 2. The molecule has 1 atom stereocenters. The van der Waals surface area contributed by atoms with Crippen molar-refractivity contribution < 1.29 is 13.9 Å². The van der Waals surface area contributed by atoms with Gasteiger partial charge >= 0.3 is 5.97 Å². The van der Waals surface area contributed by atoms with Crippen molar-refractivity contribution in [3.63, 3.8) is 0 Å². The summed E-state index contributed by atoms with van der Waals surface area (Å²) in [5.41, 5.74) is 1.93. The van der Waals surface area contributed by atoms with E-state index in [0.29, 0.717) is 19.6 Å². The van der Waals surface area contributed by atoms with Crippen LogP contribution in [-0.2, 0) is 22.5 Å². The number of carbonyl (C=O) groups excluding carboxylic acids is 1. The molecule has 0 aliphatic carbocycles. The van der Waals surface area contributed by atoms with Crippen LogP contribution in [0.1, 0.15) is 18.1 Å². The summed E-state index contributed by atoms with van der Waals surface area (Å²) >= 11 is 0. The Labute approximate surface area is 106 Å². The maximum Gasteiger partial charge on any atom is 0.323 e. The van der Waals surface area contributed by atoms with Gasteiger partial charge in [0, 0.05) is 6.54 Å². The maximum absolute atomic E-state index is 13.0. The summed E-state index contributed by atoms with van der Waals surface area (Å²) in [6, 6.07) is 4.32. The van der Waals surface area contributed by atoms with Crippen LogP contribution in [0, 0.1) is 5.82 Å². The van der Waals surface area contributed by atoms with Crippen molar-refractivity contribution in [1.82, 2.24) is 5.32 Å². The molecule has 94 valence electrons. The van der Waals surface area contributed by atoms with Gasteiger partial charge in [-0.25, -0.2) is 4.39 Å². The Morgan fingerprint density at radius 1 is 1.53 bits per heavy atom. The quantitative estimate of drug-likeness (QED) is 0.824. The molecule has 1 aliphatic rings. The predicted molar refractivity (Wildman–Crippen MR) is 64.6 cm³/mol. The summed E-state index contributed by atoms with van der Waals surface area (Å²) in [6.07, 6.45) is 0.492. The third kappa shape index (κ3) is 3.17. The molecule has 1 heterocycles. The molecule has 0 saturated heterocycles. The first-order valence-electron chi connectivity index (χ1n) is 5.38. The first kappa shape index (κ1) is 13.9.